The molecule has 0 amide bonds. The molecule has 5 nitrogen and oxygen atoms in total. The zero-order valence-corrected chi connectivity index (χ0v) is 23.1. The molecule has 0 aliphatic carbocycles. The fraction of sp³-hybridized carbons (Fsp3) is 0.111. The molecule has 0 saturated carbocycles. The summed E-state index contributed by atoms with van der Waals surface area (Å²) in [5.41, 5.74) is 8.32. The number of hydrogen-bond donors (Lipinski definition) is 0. The van der Waals surface area contributed by atoms with E-state index in [1.54, 1.807) is 18.3 Å². The number of benzene rings is 4. The highest BCUT2D eigenvalue weighted by molar-refractivity contribution is 6.09. The van der Waals surface area contributed by atoms with Crippen molar-refractivity contribution in [1.29, 1.82) is 0 Å². The number of hydrogen-bond acceptors (Lipinski definition) is 3. The van der Waals surface area contributed by atoms with E-state index in [0.29, 0.717) is 17.1 Å². The molecule has 4 aromatic carbocycles. The molecule has 7 rings (SSSR count). The van der Waals surface area contributed by atoms with E-state index in [4.69, 9.17) is 13.9 Å². The van der Waals surface area contributed by atoms with Gasteiger partial charge >= 0.3 is 0 Å². The summed E-state index contributed by atoms with van der Waals surface area (Å²) in [6, 6.07) is 33.4. The Balaban J connectivity index is 1.31. The number of ether oxygens (including phenoxy) is 1. The van der Waals surface area contributed by atoms with Gasteiger partial charge in [-0.2, -0.15) is 5.10 Å². The first-order valence-corrected chi connectivity index (χ1v) is 13.6. The van der Waals surface area contributed by atoms with E-state index in [0.717, 1.165) is 61.4 Å². The fourth-order valence-corrected chi connectivity index (χ4v) is 5.69. The Bertz CT molecular complexity index is 2180. The quantitative estimate of drug-likeness (QED) is 0.220. The maximum atomic E-state index is 7.95. The van der Waals surface area contributed by atoms with E-state index in [2.05, 4.69) is 28.6 Å². The van der Waals surface area contributed by atoms with E-state index in [9.17, 15) is 0 Å². The van der Waals surface area contributed by atoms with Crippen LogP contribution in [0.4, 0.5) is 0 Å². The molecule has 0 atom stereocenters. The van der Waals surface area contributed by atoms with Gasteiger partial charge in [0.2, 0.25) is 0 Å². The highest BCUT2D eigenvalue weighted by Crippen LogP contribution is 2.36. The van der Waals surface area contributed by atoms with Gasteiger partial charge in [-0.05, 0) is 87.3 Å². The van der Waals surface area contributed by atoms with Crippen molar-refractivity contribution in [2.45, 2.75) is 27.6 Å². The minimum Gasteiger partial charge on any atom is -0.457 e. The number of rotatable bonds is 5. The van der Waals surface area contributed by atoms with Crippen LogP contribution in [0, 0.1) is 27.6 Å². The molecule has 0 radical (unpaired) electrons. The third-order valence-corrected chi connectivity index (χ3v) is 7.52. The van der Waals surface area contributed by atoms with Gasteiger partial charge in [-0.15, -0.1) is 0 Å². The standard InChI is InChI=1S/C36H30N4O/c1-23-13-16-33-32(19-23)31-15-14-30(22-34(31)39(33)35-20-24(2)17-18-37-35)41-29-12-8-11-28(21-29)40-26(4)36(25(3)38-40)27-9-6-5-7-10-27/h5-22H,1-4H3/i1D3. The summed E-state index contributed by atoms with van der Waals surface area (Å²) in [5, 5.41) is 6.63. The van der Waals surface area contributed by atoms with Crippen molar-refractivity contribution < 1.29 is 8.85 Å². The van der Waals surface area contributed by atoms with Gasteiger partial charge in [-0.1, -0.05) is 48.0 Å². The van der Waals surface area contributed by atoms with Gasteiger partial charge in [-0.25, -0.2) is 9.67 Å². The smallest absolute Gasteiger partial charge is 0.137 e. The van der Waals surface area contributed by atoms with E-state index in [1.165, 1.54) is 0 Å². The van der Waals surface area contributed by atoms with Crippen LogP contribution < -0.4 is 4.74 Å². The molecular weight excluding hydrogens is 504 g/mol. The van der Waals surface area contributed by atoms with Crippen LogP contribution in [0.2, 0.25) is 0 Å². The van der Waals surface area contributed by atoms with Crippen molar-refractivity contribution in [1.82, 2.24) is 19.3 Å². The van der Waals surface area contributed by atoms with Crippen molar-refractivity contribution in [3.05, 3.63) is 132 Å². The summed E-state index contributed by atoms with van der Waals surface area (Å²) in [4.78, 5) is 4.65. The van der Waals surface area contributed by atoms with Gasteiger partial charge in [0, 0.05) is 44.5 Å². The van der Waals surface area contributed by atoms with Gasteiger partial charge in [0.05, 0.1) is 22.4 Å². The Morgan fingerprint density at radius 1 is 0.707 bits per heavy atom. The molecule has 0 aliphatic rings. The zero-order valence-electron chi connectivity index (χ0n) is 26.1. The first-order valence-electron chi connectivity index (χ1n) is 15.1. The SMILES string of the molecule is [2H]C([2H])([2H])c1ccc2c(c1)c1ccc(Oc3cccc(-n4nc(C)c(-c5ccccc5)c4C)c3)cc1n2-c1cc(C)ccn1. The van der Waals surface area contributed by atoms with E-state index in [1.807, 2.05) is 97.4 Å². The second-order valence-electron chi connectivity index (χ2n) is 10.4. The fourth-order valence-electron chi connectivity index (χ4n) is 5.69. The number of aryl methyl sites for hydroxylation is 3. The maximum Gasteiger partial charge on any atom is 0.137 e. The summed E-state index contributed by atoms with van der Waals surface area (Å²) >= 11 is 0. The summed E-state index contributed by atoms with van der Waals surface area (Å²) < 4.78 is 34.3. The maximum absolute atomic E-state index is 7.95. The Morgan fingerprint density at radius 2 is 1.56 bits per heavy atom. The lowest BCUT2D eigenvalue weighted by atomic mass is 10.0. The van der Waals surface area contributed by atoms with Crippen molar-refractivity contribution in [2.75, 3.05) is 0 Å². The van der Waals surface area contributed by atoms with Crippen LogP contribution in [0.15, 0.2) is 109 Å². The Labute approximate surface area is 243 Å². The van der Waals surface area contributed by atoms with Gasteiger partial charge in [0.1, 0.15) is 17.3 Å². The Hall–Kier alpha value is -5.16. The van der Waals surface area contributed by atoms with Crippen molar-refractivity contribution in [3.63, 3.8) is 0 Å². The Morgan fingerprint density at radius 3 is 2.39 bits per heavy atom. The van der Waals surface area contributed by atoms with Gasteiger partial charge in [0.25, 0.3) is 0 Å². The lowest BCUT2D eigenvalue weighted by Gasteiger charge is -2.11. The lowest BCUT2D eigenvalue weighted by Crippen LogP contribution is -1.99. The molecular formula is C36H30N4O. The highest BCUT2D eigenvalue weighted by atomic mass is 16.5. The molecule has 0 spiro atoms. The predicted octanol–water partition coefficient (Wildman–Crippen LogP) is 9.06. The molecule has 5 heteroatoms. The van der Waals surface area contributed by atoms with E-state index >= 15 is 0 Å². The third kappa shape index (κ3) is 4.36. The van der Waals surface area contributed by atoms with Crippen molar-refractivity contribution in [3.8, 4) is 34.1 Å². The largest absolute Gasteiger partial charge is 0.457 e. The first kappa shape index (κ1) is 21.6. The molecule has 41 heavy (non-hydrogen) atoms. The minimum absolute atomic E-state index is 0.304. The second kappa shape index (κ2) is 9.79. The summed E-state index contributed by atoms with van der Waals surface area (Å²) in [6.45, 7) is 3.94. The summed E-state index contributed by atoms with van der Waals surface area (Å²) in [5.74, 6) is 2.09. The molecule has 3 heterocycles. The Kier molecular flexibility index (Phi) is 5.17. The molecule has 0 bridgehead atoms. The van der Waals surface area contributed by atoms with Crippen molar-refractivity contribution in [2.24, 2.45) is 0 Å². The first-order chi connectivity index (χ1) is 21.2. The zero-order chi connectivity index (χ0) is 30.6. The van der Waals surface area contributed by atoms with Crippen LogP contribution in [-0.2, 0) is 0 Å². The number of aromatic nitrogens is 4. The predicted molar refractivity (Wildman–Crippen MR) is 167 cm³/mol. The second-order valence-corrected chi connectivity index (χ2v) is 10.4. The van der Waals surface area contributed by atoms with E-state index in [-0.39, 0.29) is 0 Å². The molecule has 0 fully saturated rings. The number of fused-ring (bicyclic) bond motifs is 3. The topological polar surface area (TPSA) is 44.9 Å². The molecule has 7 aromatic rings. The van der Waals surface area contributed by atoms with Crippen LogP contribution in [0.3, 0.4) is 0 Å². The number of pyridine rings is 1. The summed E-state index contributed by atoms with van der Waals surface area (Å²) in [7, 11) is 0. The molecule has 0 saturated heterocycles. The molecule has 0 unspecified atom stereocenters. The van der Waals surface area contributed by atoms with E-state index < -0.39 is 6.85 Å². The number of nitrogens with zero attached hydrogens (tertiary/aromatic N) is 4. The summed E-state index contributed by atoms with van der Waals surface area (Å²) in [6.07, 6.45) is 1.78. The van der Waals surface area contributed by atoms with Crippen LogP contribution in [0.1, 0.15) is 26.6 Å². The normalized spacial score (nSPS) is 12.8. The van der Waals surface area contributed by atoms with Gasteiger partial charge in [-0.3, -0.25) is 4.57 Å². The van der Waals surface area contributed by atoms with Crippen molar-refractivity contribution >= 4 is 21.8 Å². The molecule has 0 aliphatic heterocycles. The van der Waals surface area contributed by atoms with Crippen LogP contribution in [0.25, 0.3) is 44.4 Å². The van der Waals surface area contributed by atoms with Crippen LogP contribution >= 0.6 is 0 Å². The van der Waals surface area contributed by atoms with Gasteiger partial charge < -0.3 is 4.74 Å². The van der Waals surface area contributed by atoms with Crippen LogP contribution in [0.5, 0.6) is 11.5 Å². The van der Waals surface area contributed by atoms with Gasteiger partial charge in [0.15, 0.2) is 0 Å². The lowest BCUT2D eigenvalue weighted by molar-refractivity contribution is 0.483. The average Bonchev–Trinajstić information content (AvgIpc) is 3.49. The molecule has 200 valence electrons. The minimum atomic E-state index is -2.20. The molecule has 3 aromatic heterocycles. The monoisotopic (exact) mass is 537 g/mol. The van der Waals surface area contributed by atoms with Crippen LogP contribution in [-0.4, -0.2) is 19.3 Å². The average molecular weight is 538 g/mol. The highest BCUT2D eigenvalue weighted by Gasteiger charge is 2.17. The third-order valence-electron chi connectivity index (χ3n) is 7.52. The molecule has 0 N–H and O–H groups in total.